The summed E-state index contributed by atoms with van der Waals surface area (Å²) in [7, 11) is 0. The minimum absolute atomic E-state index is 0.220. The van der Waals surface area contributed by atoms with Crippen LogP contribution in [0.25, 0.3) is 0 Å². The van der Waals surface area contributed by atoms with Crippen molar-refractivity contribution in [2.45, 2.75) is 13.0 Å². The second kappa shape index (κ2) is 3.18. The van der Waals surface area contributed by atoms with Crippen molar-refractivity contribution >= 4 is 11.5 Å². The van der Waals surface area contributed by atoms with Crippen LogP contribution in [0.4, 0.5) is 5.69 Å². The number of hydrogen-bond donors (Lipinski definition) is 2. The molecule has 0 unspecified atom stereocenters. The van der Waals surface area contributed by atoms with Crippen LogP contribution in [-0.2, 0) is 6.54 Å². The second-order valence-electron chi connectivity index (χ2n) is 3.18. The highest BCUT2D eigenvalue weighted by Gasteiger charge is 2.15. The van der Waals surface area contributed by atoms with Crippen molar-refractivity contribution in [3.8, 4) is 0 Å². The van der Waals surface area contributed by atoms with Crippen LogP contribution in [0.1, 0.15) is 22.3 Å². The first-order valence-electron chi connectivity index (χ1n) is 4.41. The van der Waals surface area contributed by atoms with E-state index in [4.69, 9.17) is 5.73 Å². The fourth-order valence-electron chi connectivity index (χ4n) is 1.55. The van der Waals surface area contributed by atoms with Gasteiger partial charge < -0.3 is 11.1 Å². The fraction of sp³-hybridized carbons (Fsp3) is 0.300. The van der Waals surface area contributed by atoms with E-state index in [1.165, 1.54) is 0 Å². The van der Waals surface area contributed by atoms with Gasteiger partial charge in [-0.1, -0.05) is 6.07 Å². The van der Waals surface area contributed by atoms with Crippen LogP contribution in [0.5, 0.6) is 0 Å². The van der Waals surface area contributed by atoms with Gasteiger partial charge >= 0.3 is 0 Å². The lowest BCUT2D eigenvalue weighted by atomic mass is 10.0. The molecule has 0 atom stereocenters. The summed E-state index contributed by atoms with van der Waals surface area (Å²) in [5.74, 6) is 0.220. The normalized spacial score (nSPS) is 15.0. The van der Waals surface area contributed by atoms with Crippen molar-refractivity contribution in [3.63, 3.8) is 0 Å². The largest absolute Gasteiger partial charge is 0.384 e. The fourth-order valence-corrected chi connectivity index (χ4v) is 1.55. The first-order chi connectivity index (χ1) is 6.31. The number of fused-ring (bicyclic) bond motifs is 1. The molecule has 0 radical (unpaired) electrons. The second-order valence-corrected chi connectivity index (χ2v) is 3.18. The van der Waals surface area contributed by atoms with Gasteiger partial charge in [0.25, 0.3) is 0 Å². The molecule has 0 bridgehead atoms. The van der Waals surface area contributed by atoms with Crippen molar-refractivity contribution in [2.24, 2.45) is 5.73 Å². The van der Waals surface area contributed by atoms with E-state index in [0.717, 1.165) is 23.4 Å². The average Bonchev–Trinajstić information content (AvgIpc) is 2.18. The van der Waals surface area contributed by atoms with Gasteiger partial charge in [0, 0.05) is 30.8 Å². The number of carbonyl (C=O) groups excluding carboxylic acids is 1. The molecule has 68 valence electrons. The van der Waals surface area contributed by atoms with E-state index in [-0.39, 0.29) is 5.78 Å². The maximum atomic E-state index is 11.4. The highest BCUT2D eigenvalue weighted by atomic mass is 16.1. The maximum absolute atomic E-state index is 11.4. The molecule has 3 nitrogen and oxygen atoms in total. The van der Waals surface area contributed by atoms with Gasteiger partial charge in [-0.05, 0) is 17.7 Å². The van der Waals surface area contributed by atoms with E-state index in [2.05, 4.69) is 5.32 Å². The maximum Gasteiger partial charge on any atom is 0.166 e. The van der Waals surface area contributed by atoms with Gasteiger partial charge in [0.15, 0.2) is 5.78 Å². The summed E-state index contributed by atoms with van der Waals surface area (Å²) in [6, 6.07) is 5.71. The van der Waals surface area contributed by atoms with Crippen LogP contribution in [-0.4, -0.2) is 12.3 Å². The van der Waals surface area contributed by atoms with Gasteiger partial charge in [-0.15, -0.1) is 0 Å². The molecule has 2 rings (SSSR count). The Morgan fingerprint density at radius 2 is 2.31 bits per heavy atom. The van der Waals surface area contributed by atoms with Crippen LogP contribution in [0.15, 0.2) is 18.2 Å². The summed E-state index contributed by atoms with van der Waals surface area (Å²) in [6.07, 6.45) is 0.592. The standard InChI is InChI=1S/C10H12N2O/c11-6-7-1-2-8-9(5-7)12-4-3-10(8)13/h1-2,5,12H,3-4,6,11H2. The predicted octanol–water partition coefficient (Wildman–Crippen LogP) is 1.14. The Hall–Kier alpha value is -1.35. The Labute approximate surface area is 76.9 Å². The lowest BCUT2D eigenvalue weighted by molar-refractivity contribution is 0.0984. The Morgan fingerprint density at radius 1 is 1.46 bits per heavy atom. The number of nitrogens with one attached hydrogen (secondary N) is 1. The summed E-state index contributed by atoms with van der Waals surface area (Å²) in [5, 5.41) is 3.19. The summed E-state index contributed by atoms with van der Waals surface area (Å²) < 4.78 is 0. The van der Waals surface area contributed by atoms with Crippen molar-refractivity contribution in [2.75, 3.05) is 11.9 Å². The Balaban J connectivity index is 2.45. The molecule has 3 N–H and O–H groups in total. The first kappa shape index (κ1) is 8.26. The van der Waals surface area contributed by atoms with Crippen LogP contribution in [0.2, 0.25) is 0 Å². The van der Waals surface area contributed by atoms with Gasteiger partial charge in [-0.3, -0.25) is 4.79 Å². The molecule has 1 aliphatic heterocycles. The number of anilines is 1. The molecule has 0 spiro atoms. The first-order valence-corrected chi connectivity index (χ1v) is 4.41. The number of carbonyl (C=O) groups is 1. The van der Waals surface area contributed by atoms with Gasteiger partial charge in [-0.2, -0.15) is 0 Å². The zero-order valence-electron chi connectivity index (χ0n) is 7.34. The minimum atomic E-state index is 0.220. The zero-order valence-corrected chi connectivity index (χ0v) is 7.34. The molecule has 3 heteroatoms. The third-order valence-corrected chi connectivity index (χ3v) is 2.29. The monoisotopic (exact) mass is 176 g/mol. The summed E-state index contributed by atoms with van der Waals surface area (Å²) in [6.45, 7) is 1.25. The van der Waals surface area contributed by atoms with Crippen molar-refractivity contribution in [1.82, 2.24) is 0 Å². The van der Waals surface area contributed by atoms with E-state index in [1.807, 2.05) is 18.2 Å². The van der Waals surface area contributed by atoms with Crippen molar-refractivity contribution in [1.29, 1.82) is 0 Å². The van der Waals surface area contributed by atoms with Gasteiger partial charge in [0.1, 0.15) is 0 Å². The molecule has 0 saturated heterocycles. The Bertz CT molecular complexity index is 347. The molecule has 1 aliphatic rings. The smallest absolute Gasteiger partial charge is 0.166 e. The number of ketones is 1. The van der Waals surface area contributed by atoms with Crippen LogP contribution >= 0.6 is 0 Å². The molecular formula is C10H12N2O. The molecule has 1 aromatic rings. The highest BCUT2D eigenvalue weighted by Crippen LogP contribution is 2.22. The average molecular weight is 176 g/mol. The molecule has 13 heavy (non-hydrogen) atoms. The third kappa shape index (κ3) is 1.42. The molecule has 1 heterocycles. The van der Waals surface area contributed by atoms with Crippen LogP contribution < -0.4 is 11.1 Å². The molecular weight excluding hydrogens is 164 g/mol. The summed E-state index contributed by atoms with van der Waals surface area (Å²) in [5.41, 5.74) is 8.29. The predicted molar refractivity (Wildman–Crippen MR) is 51.8 cm³/mol. The molecule has 1 aromatic carbocycles. The lowest BCUT2D eigenvalue weighted by Gasteiger charge is -2.17. The van der Waals surface area contributed by atoms with Gasteiger partial charge in [0.05, 0.1) is 0 Å². The zero-order chi connectivity index (χ0) is 9.26. The molecule has 0 aliphatic carbocycles. The van der Waals surface area contributed by atoms with E-state index >= 15 is 0 Å². The van der Waals surface area contributed by atoms with Crippen LogP contribution in [0, 0.1) is 0 Å². The number of rotatable bonds is 1. The molecule has 0 amide bonds. The summed E-state index contributed by atoms with van der Waals surface area (Å²) in [4.78, 5) is 11.4. The van der Waals surface area contributed by atoms with Gasteiger partial charge in [-0.25, -0.2) is 0 Å². The number of benzene rings is 1. The molecule has 0 aromatic heterocycles. The van der Waals surface area contributed by atoms with Gasteiger partial charge in [0.2, 0.25) is 0 Å². The van der Waals surface area contributed by atoms with Crippen molar-refractivity contribution < 1.29 is 4.79 Å². The topological polar surface area (TPSA) is 55.1 Å². The third-order valence-electron chi connectivity index (χ3n) is 2.29. The van der Waals surface area contributed by atoms with E-state index in [1.54, 1.807) is 0 Å². The Kier molecular flexibility index (Phi) is 2.02. The molecule has 0 fully saturated rings. The summed E-state index contributed by atoms with van der Waals surface area (Å²) >= 11 is 0. The quantitative estimate of drug-likeness (QED) is 0.674. The number of Topliss-reactive ketones (excluding diaryl/α,β-unsaturated/α-hetero) is 1. The van der Waals surface area contributed by atoms with Crippen LogP contribution in [0.3, 0.4) is 0 Å². The van der Waals surface area contributed by atoms with E-state index in [9.17, 15) is 4.79 Å². The Morgan fingerprint density at radius 3 is 3.08 bits per heavy atom. The number of hydrogen-bond acceptors (Lipinski definition) is 3. The van der Waals surface area contributed by atoms with Crippen molar-refractivity contribution in [3.05, 3.63) is 29.3 Å². The number of nitrogens with two attached hydrogens (primary N) is 1. The lowest BCUT2D eigenvalue weighted by Crippen LogP contribution is -2.18. The van der Waals surface area contributed by atoms with E-state index in [0.29, 0.717) is 13.0 Å². The minimum Gasteiger partial charge on any atom is -0.384 e. The molecule has 0 saturated carbocycles. The SMILES string of the molecule is NCc1ccc2c(c1)NCCC2=O. The van der Waals surface area contributed by atoms with E-state index < -0.39 is 0 Å². The highest BCUT2D eigenvalue weighted by molar-refractivity contribution is 6.03.